The molecule has 2 rings (SSSR count). The van der Waals surface area contributed by atoms with Crippen LogP contribution in [0.25, 0.3) is 0 Å². The zero-order valence-corrected chi connectivity index (χ0v) is 20.6. The van der Waals surface area contributed by atoms with E-state index in [0.717, 1.165) is 42.2 Å². The molecule has 1 amide bonds. The van der Waals surface area contributed by atoms with E-state index in [0.29, 0.717) is 18.7 Å². The minimum atomic E-state index is -0.0373. The van der Waals surface area contributed by atoms with Gasteiger partial charge in [-0.25, -0.2) is 0 Å². The first-order valence-electron chi connectivity index (χ1n) is 10.0. The van der Waals surface area contributed by atoms with Crippen molar-refractivity contribution in [1.29, 1.82) is 0 Å². The maximum atomic E-state index is 12.1. The molecular weight excluding hydrogens is 491 g/mol. The van der Waals surface area contributed by atoms with Crippen molar-refractivity contribution in [3.63, 3.8) is 0 Å². The standard InChI is InChI=1S/C23H32N4O2.HI/c1-5-12-25-22(28)20-8-6-7-19(14-20)16-27-23(24-3)26-13-11-18-10-9-17(2)21(15-18)29-4;/h6-10,14-15H,5,11-13,16H2,1-4H3,(H,25,28)(H2,24,26,27);1H. The van der Waals surface area contributed by atoms with Crippen molar-refractivity contribution in [3.05, 3.63) is 64.7 Å². The summed E-state index contributed by atoms with van der Waals surface area (Å²) in [4.78, 5) is 16.4. The molecule has 164 valence electrons. The smallest absolute Gasteiger partial charge is 0.251 e. The van der Waals surface area contributed by atoms with Crippen molar-refractivity contribution in [2.45, 2.75) is 33.2 Å². The van der Waals surface area contributed by atoms with Crippen molar-refractivity contribution in [2.75, 3.05) is 27.2 Å². The number of carbonyl (C=O) groups is 1. The summed E-state index contributed by atoms with van der Waals surface area (Å²) in [7, 11) is 3.44. The molecule has 0 bridgehead atoms. The Morgan fingerprint density at radius 1 is 1.03 bits per heavy atom. The Morgan fingerprint density at radius 2 is 1.83 bits per heavy atom. The molecule has 0 saturated carbocycles. The van der Waals surface area contributed by atoms with Gasteiger partial charge in [0.05, 0.1) is 7.11 Å². The van der Waals surface area contributed by atoms with Crippen molar-refractivity contribution >= 4 is 35.8 Å². The second-order valence-electron chi connectivity index (χ2n) is 6.86. The molecule has 0 unspecified atom stereocenters. The summed E-state index contributed by atoms with van der Waals surface area (Å²) in [6.07, 6.45) is 1.79. The number of halogens is 1. The van der Waals surface area contributed by atoms with Gasteiger partial charge in [-0.05, 0) is 54.7 Å². The molecule has 6 nitrogen and oxygen atoms in total. The van der Waals surface area contributed by atoms with E-state index >= 15 is 0 Å². The lowest BCUT2D eigenvalue weighted by Gasteiger charge is -2.13. The SMILES string of the molecule is CCCNC(=O)c1cccc(CNC(=NC)NCCc2ccc(C)c(OC)c2)c1.I. The van der Waals surface area contributed by atoms with E-state index in [1.807, 2.05) is 38.1 Å². The number of benzene rings is 2. The number of rotatable bonds is 9. The molecule has 0 saturated heterocycles. The number of guanidine groups is 1. The number of ether oxygens (including phenoxy) is 1. The number of methoxy groups -OCH3 is 1. The van der Waals surface area contributed by atoms with Crippen LogP contribution in [0.2, 0.25) is 0 Å². The lowest BCUT2D eigenvalue weighted by molar-refractivity contribution is 0.0953. The minimum Gasteiger partial charge on any atom is -0.496 e. The number of aryl methyl sites for hydroxylation is 1. The van der Waals surface area contributed by atoms with Gasteiger partial charge in [0, 0.05) is 32.2 Å². The molecular formula is C23H33IN4O2. The highest BCUT2D eigenvalue weighted by atomic mass is 127. The number of aliphatic imine (C=N–C) groups is 1. The van der Waals surface area contributed by atoms with Crippen molar-refractivity contribution < 1.29 is 9.53 Å². The summed E-state index contributed by atoms with van der Waals surface area (Å²) < 4.78 is 5.38. The molecule has 30 heavy (non-hydrogen) atoms. The van der Waals surface area contributed by atoms with Crippen LogP contribution >= 0.6 is 24.0 Å². The zero-order valence-electron chi connectivity index (χ0n) is 18.2. The summed E-state index contributed by atoms with van der Waals surface area (Å²) in [5.41, 5.74) is 4.04. The molecule has 2 aromatic carbocycles. The van der Waals surface area contributed by atoms with Gasteiger partial charge in [0.2, 0.25) is 0 Å². The third kappa shape index (κ3) is 8.22. The third-order valence-electron chi connectivity index (χ3n) is 4.59. The second-order valence-corrected chi connectivity index (χ2v) is 6.86. The molecule has 0 spiro atoms. The zero-order chi connectivity index (χ0) is 21.1. The highest BCUT2D eigenvalue weighted by Gasteiger charge is 2.06. The van der Waals surface area contributed by atoms with Gasteiger partial charge in [-0.3, -0.25) is 9.79 Å². The van der Waals surface area contributed by atoms with Gasteiger partial charge in [-0.1, -0.05) is 31.2 Å². The monoisotopic (exact) mass is 524 g/mol. The van der Waals surface area contributed by atoms with Crippen LogP contribution in [-0.4, -0.2) is 39.1 Å². The molecule has 0 fully saturated rings. The fourth-order valence-corrected chi connectivity index (χ4v) is 2.91. The molecule has 2 aromatic rings. The minimum absolute atomic E-state index is 0. The molecule has 0 heterocycles. The number of nitrogens with zero attached hydrogens (tertiary/aromatic N) is 1. The van der Waals surface area contributed by atoms with Crippen LogP contribution in [0.5, 0.6) is 5.75 Å². The molecule has 0 atom stereocenters. The molecule has 0 aliphatic carbocycles. The molecule has 0 aromatic heterocycles. The van der Waals surface area contributed by atoms with E-state index < -0.39 is 0 Å². The first-order valence-corrected chi connectivity index (χ1v) is 10.0. The number of hydrogen-bond acceptors (Lipinski definition) is 3. The van der Waals surface area contributed by atoms with Crippen LogP contribution in [0.3, 0.4) is 0 Å². The quantitative estimate of drug-likeness (QED) is 0.266. The summed E-state index contributed by atoms with van der Waals surface area (Å²) >= 11 is 0. The Bertz CT molecular complexity index is 840. The van der Waals surface area contributed by atoms with E-state index in [1.54, 1.807) is 14.2 Å². The topological polar surface area (TPSA) is 74.8 Å². The van der Waals surface area contributed by atoms with Crippen LogP contribution in [0.1, 0.15) is 40.4 Å². The van der Waals surface area contributed by atoms with E-state index in [2.05, 4.69) is 39.1 Å². The lowest BCUT2D eigenvalue weighted by atomic mass is 10.1. The summed E-state index contributed by atoms with van der Waals surface area (Å²) in [6.45, 7) is 6.10. The molecule has 0 aliphatic heterocycles. The number of nitrogens with one attached hydrogen (secondary N) is 3. The predicted octanol–water partition coefficient (Wildman–Crippen LogP) is 3.67. The molecule has 7 heteroatoms. The van der Waals surface area contributed by atoms with Crippen molar-refractivity contribution in [1.82, 2.24) is 16.0 Å². The van der Waals surface area contributed by atoms with Crippen LogP contribution in [-0.2, 0) is 13.0 Å². The highest BCUT2D eigenvalue weighted by Crippen LogP contribution is 2.19. The first-order chi connectivity index (χ1) is 14.1. The predicted molar refractivity (Wildman–Crippen MR) is 134 cm³/mol. The summed E-state index contributed by atoms with van der Waals surface area (Å²) in [5.74, 6) is 1.60. The maximum absolute atomic E-state index is 12.1. The summed E-state index contributed by atoms with van der Waals surface area (Å²) in [5, 5.41) is 9.52. The van der Waals surface area contributed by atoms with Gasteiger partial charge in [0.15, 0.2) is 5.96 Å². The van der Waals surface area contributed by atoms with Gasteiger partial charge in [-0.2, -0.15) is 0 Å². The van der Waals surface area contributed by atoms with Gasteiger partial charge in [0.1, 0.15) is 5.75 Å². The third-order valence-corrected chi connectivity index (χ3v) is 4.59. The van der Waals surface area contributed by atoms with Crippen molar-refractivity contribution in [2.24, 2.45) is 4.99 Å². The summed E-state index contributed by atoms with van der Waals surface area (Å²) in [6, 6.07) is 13.9. The Kier molecular flexibility index (Phi) is 11.9. The van der Waals surface area contributed by atoms with E-state index in [9.17, 15) is 4.79 Å². The van der Waals surface area contributed by atoms with Gasteiger partial charge in [-0.15, -0.1) is 24.0 Å². The van der Waals surface area contributed by atoms with E-state index in [4.69, 9.17) is 4.74 Å². The fourth-order valence-electron chi connectivity index (χ4n) is 2.91. The molecule has 3 N–H and O–H groups in total. The molecule has 0 radical (unpaired) electrons. The van der Waals surface area contributed by atoms with Gasteiger partial charge < -0.3 is 20.7 Å². The Hall–Kier alpha value is -2.29. The molecule has 0 aliphatic rings. The number of carbonyl (C=O) groups excluding carboxylic acids is 1. The van der Waals surface area contributed by atoms with Crippen LogP contribution in [0.15, 0.2) is 47.5 Å². The second kappa shape index (κ2) is 13.8. The Morgan fingerprint density at radius 3 is 2.53 bits per heavy atom. The van der Waals surface area contributed by atoms with E-state index in [1.165, 1.54) is 5.56 Å². The Labute approximate surface area is 196 Å². The largest absolute Gasteiger partial charge is 0.496 e. The number of hydrogen-bond donors (Lipinski definition) is 3. The van der Waals surface area contributed by atoms with Gasteiger partial charge in [0.25, 0.3) is 5.91 Å². The number of amides is 1. The Balaban J connectivity index is 0.00000450. The van der Waals surface area contributed by atoms with Crippen LogP contribution in [0.4, 0.5) is 0 Å². The lowest BCUT2D eigenvalue weighted by Crippen LogP contribution is -2.37. The maximum Gasteiger partial charge on any atom is 0.251 e. The average Bonchev–Trinajstić information content (AvgIpc) is 2.75. The fraction of sp³-hybridized carbons (Fsp3) is 0.391. The highest BCUT2D eigenvalue weighted by molar-refractivity contribution is 14.0. The van der Waals surface area contributed by atoms with Crippen LogP contribution in [0, 0.1) is 6.92 Å². The van der Waals surface area contributed by atoms with Crippen LogP contribution < -0.4 is 20.7 Å². The van der Waals surface area contributed by atoms with Gasteiger partial charge >= 0.3 is 0 Å². The average molecular weight is 524 g/mol. The van der Waals surface area contributed by atoms with Crippen molar-refractivity contribution in [3.8, 4) is 5.75 Å². The normalized spacial score (nSPS) is 10.7. The van der Waals surface area contributed by atoms with E-state index in [-0.39, 0.29) is 29.9 Å². The first kappa shape index (κ1) is 25.7.